The largest absolute Gasteiger partial charge is 0.480 e. The third-order valence-corrected chi connectivity index (χ3v) is 3.10. The maximum absolute atomic E-state index is 11.7. The van der Waals surface area contributed by atoms with Gasteiger partial charge in [0.2, 0.25) is 5.91 Å². The van der Waals surface area contributed by atoms with Crippen molar-refractivity contribution in [2.75, 3.05) is 19.6 Å². The van der Waals surface area contributed by atoms with Gasteiger partial charge < -0.3 is 20.4 Å². The van der Waals surface area contributed by atoms with Crippen molar-refractivity contribution in [2.24, 2.45) is 0 Å². The Labute approximate surface area is 124 Å². The maximum Gasteiger partial charge on any atom is 0.323 e. The van der Waals surface area contributed by atoms with Crippen LogP contribution in [0.2, 0.25) is 0 Å². The number of thiophene rings is 1. The van der Waals surface area contributed by atoms with Gasteiger partial charge in [-0.3, -0.25) is 19.2 Å². The summed E-state index contributed by atoms with van der Waals surface area (Å²) in [6, 6.07) is 1.63. The van der Waals surface area contributed by atoms with Gasteiger partial charge >= 0.3 is 11.9 Å². The molecule has 1 aromatic heterocycles. The fourth-order valence-corrected chi connectivity index (χ4v) is 2.13. The van der Waals surface area contributed by atoms with E-state index in [1.807, 2.05) is 0 Å². The summed E-state index contributed by atoms with van der Waals surface area (Å²) in [5.74, 6) is -3.59. The van der Waals surface area contributed by atoms with Gasteiger partial charge in [0.1, 0.15) is 13.1 Å². The fraction of sp³-hybridized carbons (Fsp3) is 0.333. The summed E-state index contributed by atoms with van der Waals surface area (Å²) >= 11 is 1.36. The molecule has 1 heterocycles. The monoisotopic (exact) mass is 314 g/mol. The van der Waals surface area contributed by atoms with Crippen molar-refractivity contribution in [1.82, 2.24) is 10.2 Å². The van der Waals surface area contributed by atoms with Gasteiger partial charge in [-0.1, -0.05) is 0 Å². The van der Waals surface area contributed by atoms with Gasteiger partial charge in [0.25, 0.3) is 5.91 Å². The predicted molar refractivity (Wildman–Crippen MR) is 73.1 cm³/mol. The van der Waals surface area contributed by atoms with E-state index in [-0.39, 0.29) is 18.9 Å². The van der Waals surface area contributed by atoms with Crippen LogP contribution in [0.15, 0.2) is 16.8 Å². The molecular formula is C12H14N2O6S. The van der Waals surface area contributed by atoms with Crippen molar-refractivity contribution in [3.8, 4) is 0 Å². The highest BCUT2D eigenvalue weighted by molar-refractivity contribution is 7.08. The molecule has 0 saturated heterocycles. The van der Waals surface area contributed by atoms with E-state index >= 15 is 0 Å². The van der Waals surface area contributed by atoms with Crippen LogP contribution in [-0.2, 0) is 14.4 Å². The summed E-state index contributed by atoms with van der Waals surface area (Å²) < 4.78 is 0. The van der Waals surface area contributed by atoms with E-state index in [1.165, 1.54) is 11.3 Å². The number of amides is 2. The summed E-state index contributed by atoms with van der Waals surface area (Å²) in [6.45, 7) is -1.38. The molecule has 0 fully saturated rings. The normalized spacial score (nSPS) is 9.90. The highest BCUT2D eigenvalue weighted by Crippen LogP contribution is 2.05. The van der Waals surface area contributed by atoms with Gasteiger partial charge in [0.15, 0.2) is 0 Å². The second-order valence-corrected chi connectivity index (χ2v) is 4.84. The lowest BCUT2D eigenvalue weighted by atomic mass is 10.3. The first-order chi connectivity index (χ1) is 9.90. The van der Waals surface area contributed by atoms with Crippen molar-refractivity contribution < 1.29 is 29.4 Å². The summed E-state index contributed by atoms with van der Waals surface area (Å²) in [4.78, 5) is 45.2. The molecule has 0 radical (unpaired) electrons. The molecular weight excluding hydrogens is 300 g/mol. The zero-order chi connectivity index (χ0) is 15.8. The van der Waals surface area contributed by atoms with Gasteiger partial charge in [-0.15, -0.1) is 0 Å². The SMILES string of the molecule is O=C(O)CN(CC(=O)O)C(=O)CCNC(=O)c1ccsc1. The van der Waals surface area contributed by atoms with Crippen molar-refractivity contribution in [1.29, 1.82) is 0 Å². The lowest BCUT2D eigenvalue weighted by molar-refractivity contribution is -0.149. The van der Waals surface area contributed by atoms with E-state index in [2.05, 4.69) is 5.32 Å². The molecule has 8 nitrogen and oxygen atoms in total. The van der Waals surface area contributed by atoms with E-state index in [4.69, 9.17) is 10.2 Å². The Morgan fingerprint density at radius 1 is 1.14 bits per heavy atom. The van der Waals surface area contributed by atoms with Crippen LogP contribution in [0.5, 0.6) is 0 Å². The second-order valence-electron chi connectivity index (χ2n) is 4.06. The molecule has 0 aliphatic heterocycles. The standard InChI is InChI=1S/C12H14N2O6S/c15-9(14(5-10(16)17)6-11(18)19)1-3-13-12(20)8-2-4-21-7-8/h2,4,7H,1,3,5-6H2,(H,13,20)(H,16,17)(H,18,19). The average molecular weight is 314 g/mol. The molecule has 0 atom stereocenters. The highest BCUT2D eigenvalue weighted by Gasteiger charge is 2.19. The quantitative estimate of drug-likeness (QED) is 0.614. The first kappa shape index (κ1) is 16.6. The number of carbonyl (C=O) groups is 4. The van der Waals surface area contributed by atoms with Crippen LogP contribution < -0.4 is 5.32 Å². The van der Waals surface area contributed by atoms with E-state index in [0.717, 1.165) is 0 Å². The van der Waals surface area contributed by atoms with Crippen LogP contribution in [0, 0.1) is 0 Å². The van der Waals surface area contributed by atoms with Crippen molar-refractivity contribution >= 4 is 35.1 Å². The van der Waals surface area contributed by atoms with Crippen molar-refractivity contribution in [2.45, 2.75) is 6.42 Å². The van der Waals surface area contributed by atoms with Crippen LogP contribution >= 0.6 is 11.3 Å². The van der Waals surface area contributed by atoms with Gasteiger partial charge in [-0.25, -0.2) is 0 Å². The fourth-order valence-electron chi connectivity index (χ4n) is 1.50. The Morgan fingerprint density at radius 3 is 2.24 bits per heavy atom. The van der Waals surface area contributed by atoms with E-state index in [0.29, 0.717) is 10.5 Å². The number of rotatable bonds is 8. The lowest BCUT2D eigenvalue weighted by Crippen LogP contribution is -2.40. The van der Waals surface area contributed by atoms with Gasteiger partial charge in [-0.05, 0) is 11.4 Å². The number of nitrogens with one attached hydrogen (secondary N) is 1. The Morgan fingerprint density at radius 2 is 1.76 bits per heavy atom. The number of hydrogen-bond donors (Lipinski definition) is 3. The molecule has 0 aliphatic rings. The molecule has 1 aromatic rings. The first-order valence-electron chi connectivity index (χ1n) is 5.92. The van der Waals surface area contributed by atoms with Crippen LogP contribution in [-0.4, -0.2) is 58.5 Å². The number of carboxylic acid groups (broad SMARTS) is 2. The van der Waals surface area contributed by atoms with Crippen LogP contribution in [0.1, 0.15) is 16.8 Å². The predicted octanol–water partition coefficient (Wildman–Crippen LogP) is -0.134. The molecule has 0 aliphatic carbocycles. The Bertz CT molecular complexity index is 512. The summed E-state index contributed by atoms with van der Waals surface area (Å²) in [6.07, 6.45) is -0.170. The van der Waals surface area contributed by atoms with E-state index < -0.39 is 30.9 Å². The van der Waals surface area contributed by atoms with Crippen LogP contribution in [0.3, 0.4) is 0 Å². The number of hydrogen-bond acceptors (Lipinski definition) is 5. The zero-order valence-electron chi connectivity index (χ0n) is 10.9. The second kappa shape index (κ2) is 8.00. The summed E-state index contributed by atoms with van der Waals surface area (Å²) in [7, 11) is 0. The van der Waals surface area contributed by atoms with Crippen molar-refractivity contribution in [3.05, 3.63) is 22.4 Å². The maximum atomic E-state index is 11.7. The highest BCUT2D eigenvalue weighted by atomic mass is 32.1. The summed E-state index contributed by atoms with van der Waals surface area (Å²) in [5.41, 5.74) is 0.473. The lowest BCUT2D eigenvalue weighted by Gasteiger charge is -2.18. The molecule has 1 rings (SSSR count). The third-order valence-electron chi connectivity index (χ3n) is 2.41. The van der Waals surface area contributed by atoms with Crippen LogP contribution in [0.25, 0.3) is 0 Å². The first-order valence-corrected chi connectivity index (χ1v) is 6.86. The van der Waals surface area contributed by atoms with Crippen LogP contribution in [0.4, 0.5) is 0 Å². The minimum atomic E-state index is -1.30. The average Bonchev–Trinajstić information content (AvgIpc) is 2.90. The molecule has 0 spiro atoms. The van der Waals surface area contributed by atoms with Gasteiger partial charge in [0, 0.05) is 23.9 Å². The van der Waals surface area contributed by atoms with E-state index in [1.54, 1.807) is 16.8 Å². The number of nitrogens with zero attached hydrogens (tertiary/aromatic N) is 1. The topological polar surface area (TPSA) is 124 Å². The minimum absolute atomic E-state index is 0.00323. The van der Waals surface area contributed by atoms with Gasteiger partial charge in [0.05, 0.1) is 0 Å². The smallest absolute Gasteiger partial charge is 0.323 e. The summed E-state index contributed by atoms with van der Waals surface area (Å²) in [5, 5.41) is 23.1. The molecule has 0 saturated carbocycles. The molecule has 114 valence electrons. The molecule has 9 heteroatoms. The number of carbonyl (C=O) groups excluding carboxylic acids is 2. The Hall–Kier alpha value is -2.42. The number of carboxylic acids is 2. The molecule has 0 unspecified atom stereocenters. The number of aliphatic carboxylic acids is 2. The van der Waals surface area contributed by atoms with Gasteiger partial charge in [-0.2, -0.15) is 11.3 Å². The molecule has 0 bridgehead atoms. The van der Waals surface area contributed by atoms with Crippen molar-refractivity contribution in [3.63, 3.8) is 0 Å². The molecule has 0 aromatic carbocycles. The Kier molecular flexibility index (Phi) is 6.34. The van der Waals surface area contributed by atoms with E-state index in [9.17, 15) is 19.2 Å². The molecule has 2 amide bonds. The minimum Gasteiger partial charge on any atom is -0.480 e. The third kappa shape index (κ3) is 6.04. The molecule has 3 N–H and O–H groups in total. The molecule has 21 heavy (non-hydrogen) atoms. The Balaban J connectivity index is 2.44. The zero-order valence-corrected chi connectivity index (χ0v) is 11.8.